The second-order valence-electron chi connectivity index (χ2n) is 6.73. The van der Waals surface area contributed by atoms with Crippen LogP contribution in [0.2, 0.25) is 0 Å². The van der Waals surface area contributed by atoms with Crippen molar-refractivity contribution in [1.82, 2.24) is 4.57 Å². The molecule has 0 unspecified atom stereocenters. The molecule has 27 heavy (non-hydrogen) atoms. The standard InChI is InChI=1S/C19H21NO7/c1-19(2,3)27-18(24)20-13-9-7-6-8-11(13)12(10-21)15(20)14(16(22)25-4)17(23)26-5/h6-10,14H,1-5H3. The Kier molecular flexibility index (Phi) is 5.68. The monoisotopic (exact) mass is 375 g/mol. The van der Waals surface area contributed by atoms with E-state index in [1.165, 1.54) is 0 Å². The Morgan fingerprint density at radius 2 is 1.59 bits per heavy atom. The van der Waals surface area contributed by atoms with Crippen LogP contribution in [0.25, 0.3) is 10.9 Å². The van der Waals surface area contributed by atoms with E-state index in [0.717, 1.165) is 18.8 Å². The molecule has 0 atom stereocenters. The van der Waals surface area contributed by atoms with Crippen LogP contribution in [0.4, 0.5) is 4.79 Å². The van der Waals surface area contributed by atoms with Crippen LogP contribution in [-0.4, -0.2) is 48.7 Å². The number of benzene rings is 1. The average Bonchev–Trinajstić information content (AvgIpc) is 2.93. The van der Waals surface area contributed by atoms with Gasteiger partial charge in [0, 0.05) is 10.9 Å². The number of hydrogen-bond acceptors (Lipinski definition) is 7. The Bertz CT molecular complexity index is 889. The number of aromatic nitrogens is 1. The van der Waals surface area contributed by atoms with Crippen LogP contribution in [-0.2, 0) is 23.8 Å². The van der Waals surface area contributed by atoms with Gasteiger partial charge in [-0.25, -0.2) is 9.36 Å². The number of rotatable bonds is 4. The molecule has 2 rings (SSSR count). The van der Waals surface area contributed by atoms with Gasteiger partial charge in [0.1, 0.15) is 5.60 Å². The fourth-order valence-electron chi connectivity index (χ4n) is 2.75. The summed E-state index contributed by atoms with van der Waals surface area (Å²) in [5, 5.41) is 0.395. The first kappa shape index (κ1) is 20.2. The van der Waals surface area contributed by atoms with Crippen molar-refractivity contribution in [2.45, 2.75) is 32.3 Å². The quantitative estimate of drug-likeness (QED) is 0.350. The molecule has 1 aromatic heterocycles. The van der Waals surface area contributed by atoms with Gasteiger partial charge in [0.25, 0.3) is 0 Å². The van der Waals surface area contributed by atoms with Gasteiger partial charge in [0.05, 0.1) is 25.4 Å². The van der Waals surface area contributed by atoms with E-state index in [1.807, 2.05) is 0 Å². The molecule has 1 aromatic carbocycles. The van der Waals surface area contributed by atoms with Crippen LogP contribution in [0.3, 0.4) is 0 Å². The highest BCUT2D eigenvalue weighted by Crippen LogP contribution is 2.32. The largest absolute Gasteiger partial charge is 0.468 e. The molecule has 1 heterocycles. The Morgan fingerprint density at radius 3 is 2.07 bits per heavy atom. The van der Waals surface area contributed by atoms with E-state index in [9.17, 15) is 19.2 Å². The average molecular weight is 375 g/mol. The topological polar surface area (TPSA) is 101 Å². The van der Waals surface area contributed by atoms with E-state index in [-0.39, 0.29) is 11.3 Å². The minimum absolute atomic E-state index is 0.0114. The van der Waals surface area contributed by atoms with Crippen LogP contribution in [0.15, 0.2) is 24.3 Å². The molecule has 0 aliphatic heterocycles. The van der Waals surface area contributed by atoms with Crippen molar-refractivity contribution in [3.63, 3.8) is 0 Å². The van der Waals surface area contributed by atoms with Gasteiger partial charge >= 0.3 is 18.0 Å². The molecule has 2 aromatic rings. The number of ether oxygens (including phenoxy) is 3. The van der Waals surface area contributed by atoms with Gasteiger partial charge in [-0.2, -0.15) is 0 Å². The lowest BCUT2D eigenvalue weighted by molar-refractivity contribution is -0.154. The second kappa shape index (κ2) is 7.61. The summed E-state index contributed by atoms with van der Waals surface area (Å²) in [5.74, 6) is -3.55. The first-order chi connectivity index (χ1) is 12.7. The van der Waals surface area contributed by atoms with Crippen molar-refractivity contribution >= 4 is 35.2 Å². The molecule has 0 N–H and O–H groups in total. The van der Waals surface area contributed by atoms with Crippen molar-refractivity contribution in [3.8, 4) is 0 Å². The van der Waals surface area contributed by atoms with Crippen LogP contribution in [0.1, 0.15) is 42.7 Å². The SMILES string of the molecule is COC(=O)C(C(=O)OC)c1c(C=O)c2ccccc2n1C(=O)OC(C)(C)C. The molecule has 0 aliphatic carbocycles. The van der Waals surface area contributed by atoms with Crippen LogP contribution >= 0.6 is 0 Å². The summed E-state index contributed by atoms with van der Waals surface area (Å²) in [5.41, 5.74) is -0.661. The van der Waals surface area contributed by atoms with Crippen LogP contribution in [0.5, 0.6) is 0 Å². The lowest BCUT2D eigenvalue weighted by atomic mass is 10.0. The summed E-state index contributed by atoms with van der Waals surface area (Å²) < 4.78 is 15.9. The maximum Gasteiger partial charge on any atom is 0.419 e. The summed E-state index contributed by atoms with van der Waals surface area (Å²) in [7, 11) is 2.19. The molecule has 0 spiro atoms. The van der Waals surface area contributed by atoms with E-state index in [4.69, 9.17) is 14.2 Å². The zero-order valence-electron chi connectivity index (χ0n) is 15.8. The Balaban J connectivity index is 2.88. The molecule has 0 fully saturated rings. The molecule has 0 saturated carbocycles. The predicted molar refractivity (Wildman–Crippen MR) is 95.7 cm³/mol. The van der Waals surface area contributed by atoms with E-state index in [0.29, 0.717) is 17.2 Å². The molecule has 0 amide bonds. The Morgan fingerprint density at radius 1 is 1.04 bits per heavy atom. The molecular formula is C19H21NO7. The second-order valence-corrected chi connectivity index (χ2v) is 6.73. The fraction of sp³-hybridized carbons (Fsp3) is 0.368. The molecule has 0 radical (unpaired) electrons. The number of carbonyl (C=O) groups is 4. The Labute approximate surface area is 156 Å². The summed E-state index contributed by atoms with van der Waals surface area (Å²) in [6.07, 6.45) is -0.350. The van der Waals surface area contributed by atoms with Gasteiger partial charge in [0.15, 0.2) is 12.2 Å². The van der Waals surface area contributed by atoms with Gasteiger partial charge < -0.3 is 14.2 Å². The lowest BCUT2D eigenvalue weighted by Gasteiger charge is -2.22. The van der Waals surface area contributed by atoms with Crippen molar-refractivity contribution in [2.24, 2.45) is 0 Å². The third kappa shape index (κ3) is 3.84. The first-order valence-electron chi connectivity index (χ1n) is 8.13. The van der Waals surface area contributed by atoms with E-state index in [1.54, 1.807) is 45.0 Å². The number of para-hydroxylation sites is 1. The molecule has 0 saturated heterocycles. The molecule has 144 valence electrons. The molecule has 8 nitrogen and oxygen atoms in total. The highest BCUT2D eigenvalue weighted by molar-refractivity contribution is 6.09. The molecule has 8 heteroatoms. The number of hydrogen-bond donors (Lipinski definition) is 0. The summed E-state index contributed by atoms with van der Waals surface area (Å²) in [4.78, 5) is 49.3. The minimum atomic E-state index is -1.62. The van der Waals surface area contributed by atoms with Crippen molar-refractivity contribution in [1.29, 1.82) is 0 Å². The van der Waals surface area contributed by atoms with Gasteiger partial charge in [-0.1, -0.05) is 18.2 Å². The van der Waals surface area contributed by atoms with Gasteiger partial charge in [-0.15, -0.1) is 0 Å². The number of fused-ring (bicyclic) bond motifs is 1. The zero-order chi connectivity index (χ0) is 20.4. The Hall–Kier alpha value is -3.16. The third-order valence-electron chi connectivity index (χ3n) is 3.79. The number of esters is 2. The van der Waals surface area contributed by atoms with Gasteiger partial charge in [0.2, 0.25) is 0 Å². The number of carbonyl (C=O) groups excluding carboxylic acids is 4. The summed E-state index contributed by atoms with van der Waals surface area (Å²) in [6, 6.07) is 6.52. The zero-order valence-corrected chi connectivity index (χ0v) is 15.8. The highest BCUT2D eigenvalue weighted by atomic mass is 16.6. The van der Waals surface area contributed by atoms with Crippen molar-refractivity contribution < 1.29 is 33.4 Å². The normalized spacial score (nSPS) is 11.3. The van der Waals surface area contributed by atoms with Crippen molar-refractivity contribution in [3.05, 3.63) is 35.5 Å². The number of methoxy groups -OCH3 is 2. The molecule has 0 bridgehead atoms. The number of aldehydes is 1. The van der Waals surface area contributed by atoms with E-state index in [2.05, 4.69) is 0 Å². The highest BCUT2D eigenvalue weighted by Gasteiger charge is 2.39. The van der Waals surface area contributed by atoms with Crippen LogP contribution in [0, 0.1) is 0 Å². The minimum Gasteiger partial charge on any atom is -0.468 e. The van der Waals surface area contributed by atoms with E-state index >= 15 is 0 Å². The first-order valence-corrected chi connectivity index (χ1v) is 8.13. The molecular weight excluding hydrogens is 354 g/mol. The maximum absolute atomic E-state index is 12.9. The van der Waals surface area contributed by atoms with Gasteiger partial charge in [-0.05, 0) is 26.8 Å². The summed E-state index contributed by atoms with van der Waals surface area (Å²) >= 11 is 0. The fourth-order valence-corrected chi connectivity index (χ4v) is 2.75. The molecule has 0 aliphatic rings. The third-order valence-corrected chi connectivity index (χ3v) is 3.79. The van der Waals surface area contributed by atoms with Crippen LogP contribution < -0.4 is 0 Å². The van der Waals surface area contributed by atoms with E-state index < -0.39 is 29.6 Å². The maximum atomic E-state index is 12.9. The predicted octanol–water partition coefficient (Wildman–Crippen LogP) is 2.67. The lowest BCUT2D eigenvalue weighted by Crippen LogP contribution is -2.32. The number of nitrogens with zero attached hydrogens (tertiary/aromatic N) is 1. The van der Waals surface area contributed by atoms with Crippen molar-refractivity contribution in [2.75, 3.05) is 14.2 Å². The summed E-state index contributed by atoms with van der Waals surface area (Å²) in [6.45, 7) is 5.03. The van der Waals surface area contributed by atoms with Gasteiger partial charge in [-0.3, -0.25) is 14.4 Å². The smallest absolute Gasteiger partial charge is 0.419 e.